The molecule has 1 amide bonds. The van der Waals surface area contributed by atoms with Gasteiger partial charge in [0.05, 0.1) is 0 Å². The van der Waals surface area contributed by atoms with Gasteiger partial charge in [0.2, 0.25) is 5.91 Å². The van der Waals surface area contributed by atoms with Crippen molar-refractivity contribution in [1.82, 2.24) is 10.3 Å². The van der Waals surface area contributed by atoms with Gasteiger partial charge in [0.25, 0.3) is 0 Å². The summed E-state index contributed by atoms with van der Waals surface area (Å²) in [4.78, 5) is 16.4. The molecule has 0 saturated heterocycles. The third kappa shape index (κ3) is 6.45. The number of nitrogens with one attached hydrogen (secondary N) is 1. The van der Waals surface area contributed by atoms with Crippen LogP contribution in [0.25, 0.3) is 0 Å². The van der Waals surface area contributed by atoms with Gasteiger partial charge >= 0.3 is 0 Å². The lowest BCUT2D eigenvalue weighted by Crippen LogP contribution is -2.34. The molecule has 2 aromatic rings. The molecule has 3 nitrogen and oxygen atoms in total. The zero-order valence-electron chi connectivity index (χ0n) is 13.8. The number of hydrogen-bond acceptors (Lipinski definition) is 3. The van der Waals surface area contributed by atoms with Gasteiger partial charge in [-0.15, -0.1) is 0 Å². The summed E-state index contributed by atoms with van der Waals surface area (Å²) in [6, 6.07) is 14.4. The summed E-state index contributed by atoms with van der Waals surface area (Å²) < 4.78 is 0. The molecule has 4 heteroatoms. The van der Waals surface area contributed by atoms with Crippen molar-refractivity contribution >= 4 is 17.7 Å². The zero-order chi connectivity index (χ0) is 16.5. The Morgan fingerprint density at radius 3 is 2.74 bits per heavy atom. The molecule has 0 saturated carbocycles. The molecule has 1 heterocycles. The fraction of sp³-hybridized carbons (Fsp3) is 0.368. The normalized spacial score (nSPS) is 11.9. The maximum absolute atomic E-state index is 12.0. The lowest BCUT2D eigenvalue weighted by molar-refractivity contribution is -0.121. The molecule has 0 radical (unpaired) electrons. The summed E-state index contributed by atoms with van der Waals surface area (Å²) in [6.45, 7) is 4.08. The maximum atomic E-state index is 12.0. The second-order valence-corrected chi connectivity index (χ2v) is 6.83. The van der Waals surface area contributed by atoms with Crippen molar-refractivity contribution in [3.05, 3.63) is 65.5 Å². The van der Waals surface area contributed by atoms with Crippen molar-refractivity contribution in [3.8, 4) is 0 Å². The van der Waals surface area contributed by atoms with Gasteiger partial charge in [-0.1, -0.05) is 36.4 Å². The average molecular weight is 328 g/mol. The summed E-state index contributed by atoms with van der Waals surface area (Å²) in [6.07, 6.45) is 3.13. The van der Waals surface area contributed by atoms with E-state index >= 15 is 0 Å². The van der Waals surface area contributed by atoms with E-state index in [0.717, 1.165) is 23.6 Å². The van der Waals surface area contributed by atoms with Crippen LogP contribution in [-0.4, -0.2) is 22.7 Å². The van der Waals surface area contributed by atoms with Gasteiger partial charge in [0.15, 0.2) is 0 Å². The minimum absolute atomic E-state index is 0.107. The third-order valence-corrected chi connectivity index (χ3v) is 4.64. The van der Waals surface area contributed by atoms with Crippen LogP contribution in [0.3, 0.4) is 0 Å². The molecule has 1 aromatic carbocycles. The molecule has 0 bridgehead atoms. The number of aryl methyl sites for hydroxylation is 1. The zero-order valence-corrected chi connectivity index (χ0v) is 14.6. The predicted molar refractivity (Wildman–Crippen MR) is 97.5 cm³/mol. The van der Waals surface area contributed by atoms with Crippen molar-refractivity contribution in [1.29, 1.82) is 0 Å². The van der Waals surface area contributed by atoms with Crippen molar-refractivity contribution in [3.63, 3.8) is 0 Å². The minimum Gasteiger partial charge on any atom is -0.353 e. The molecule has 0 aliphatic rings. The number of carbonyl (C=O) groups is 1. The fourth-order valence-electron chi connectivity index (χ4n) is 2.35. The number of carbonyl (C=O) groups excluding carboxylic acids is 1. The van der Waals surface area contributed by atoms with Gasteiger partial charge in [0.1, 0.15) is 0 Å². The number of nitrogens with zero attached hydrogens (tertiary/aromatic N) is 1. The SMILES string of the molecule is Cc1cccnc1CC(C)NC(=O)CCSCc1ccccc1. The van der Waals surface area contributed by atoms with Crippen molar-refractivity contribution in [2.24, 2.45) is 0 Å². The Kier molecular flexibility index (Phi) is 7.14. The molecule has 1 aromatic heterocycles. The number of aromatic nitrogens is 1. The van der Waals surface area contributed by atoms with Gasteiger partial charge in [-0.3, -0.25) is 9.78 Å². The minimum atomic E-state index is 0.107. The van der Waals surface area contributed by atoms with Crippen LogP contribution in [0.15, 0.2) is 48.7 Å². The van der Waals surface area contributed by atoms with E-state index in [9.17, 15) is 4.79 Å². The lowest BCUT2D eigenvalue weighted by atomic mass is 10.1. The Morgan fingerprint density at radius 1 is 1.22 bits per heavy atom. The van der Waals surface area contributed by atoms with E-state index in [4.69, 9.17) is 0 Å². The second kappa shape index (κ2) is 9.36. The Morgan fingerprint density at radius 2 is 2.00 bits per heavy atom. The number of hydrogen-bond donors (Lipinski definition) is 1. The Hall–Kier alpha value is -1.81. The van der Waals surface area contributed by atoms with E-state index in [1.807, 2.05) is 31.2 Å². The number of amides is 1. The molecule has 2 rings (SSSR count). The fourth-order valence-corrected chi connectivity index (χ4v) is 3.25. The monoisotopic (exact) mass is 328 g/mol. The molecule has 0 fully saturated rings. The predicted octanol–water partition coefficient (Wildman–Crippen LogP) is 3.76. The lowest BCUT2D eigenvalue weighted by Gasteiger charge is -2.14. The molecule has 0 aliphatic heterocycles. The van der Waals surface area contributed by atoms with Crippen LogP contribution in [0.1, 0.15) is 30.2 Å². The van der Waals surface area contributed by atoms with Crippen LogP contribution >= 0.6 is 11.8 Å². The van der Waals surface area contributed by atoms with Crippen LogP contribution < -0.4 is 5.32 Å². The van der Waals surface area contributed by atoms with Crippen molar-refractivity contribution < 1.29 is 4.79 Å². The Bertz CT molecular complexity index is 616. The summed E-state index contributed by atoms with van der Waals surface area (Å²) in [5.74, 6) is 1.92. The third-order valence-electron chi connectivity index (χ3n) is 3.61. The standard InChI is InChI=1S/C19H24N2OS/c1-15-7-6-11-20-18(15)13-16(2)21-19(22)10-12-23-14-17-8-4-3-5-9-17/h3-9,11,16H,10,12-14H2,1-2H3,(H,21,22). The van der Waals surface area contributed by atoms with E-state index < -0.39 is 0 Å². The number of rotatable bonds is 8. The van der Waals surface area contributed by atoms with Gasteiger partial charge in [0, 0.05) is 42.3 Å². The number of benzene rings is 1. The van der Waals surface area contributed by atoms with Crippen LogP contribution in [0.4, 0.5) is 0 Å². The van der Waals surface area contributed by atoms with E-state index in [-0.39, 0.29) is 11.9 Å². The highest BCUT2D eigenvalue weighted by molar-refractivity contribution is 7.98. The highest BCUT2D eigenvalue weighted by Crippen LogP contribution is 2.12. The molecule has 0 aliphatic carbocycles. The van der Waals surface area contributed by atoms with Gasteiger partial charge in [-0.25, -0.2) is 0 Å². The molecule has 1 unspecified atom stereocenters. The quantitative estimate of drug-likeness (QED) is 0.750. The van der Waals surface area contributed by atoms with E-state index in [0.29, 0.717) is 6.42 Å². The average Bonchev–Trinajstić information content (AvgIpc) is 2.55. The van der Waals surface area contributed by atoms with Crippen LogP contribution in [0, 0.1) is 6.92 Å². The molecular formula is C19H24N2OS. The van der Waals surface area contributed by atoms with Gasteiger partial charge in [-0.05, 0) is 31.0 Å². The molecule has 0 spiro atoms. The van der Waals surface area contributed by atoms with E-state index in [1.165, 1.54) is 11.1 Å². The topological polar surface area (TPSA) is 42.0 Å². The first-order valence-corrected chi connectivity index (χ1v) is 9.12. The smallest absolute Gasteiger partial charge is 0.221 e. The first-order chi connectivity index (χ1) is 11.1. The van der Waals surface area contributed by atoms with Crippen LogP contribution in [0.2, 0.25) is 0 Å². The second-order valence-electron chi connectivity index (χ2n) is 5.73. The van der Waals surface area contributed by atoms with E-state index in [2.05, 4.69) is 35.4 Å². The number of pyridine rings is 1. The first-order valence-electron chi connectivity index (χ1n) is 7.96. The molecule has 1 atom stereocenters. The van der Waals surface area contributed by atoms with Crippen molar-refractivity contribution in [2.45, 2.75) is 38.5 Å². The van der Waals surface area contributed by atoms with Crippen LogP contribution in [0.5, 0.6) is 0 Å². The Balaban J connectivity index is 1.65. The maximum Gasteiger partial charge on any atom is 0.221 e. The van der Waals surface area contributed by atoms with E-state index in [1.54, 1.807) is 18.0 Å². The summed E-state index contributed by atoms with van der Waals surface area (Å²) in [5, 5.41) is 3.06. The highest BCUT2D eigenvalue weighted by Gasteiger charge is 2.10. The van der Waals surface area contributed by atoms with Gasteiger partial charge in [-0.2, -0.15) is 11.8 Å². The number of thioether (sulfide) groups is 1. The Labute approximate surface area is 142 Å². The van der Waals surface area contributed by atoms with Gasteiger partial charge < -0.3 is 5.32 Å². The summed E-state index contributed by atoms with van der Waals surface area (Å²) >= 11 is 1.80. The highest BCUT2D eigenvalue weighted by atomic mass is 32.2. The summed E-state index contributed by atoms with van der Waals surface area (Å²) in [7, 11) is 0. The molecular weight excluding hydrogens is 304 g/mol. The summed E-state index contributed by atoms with van der Waals surface area (Å²) in [5.41, 5.74) is 3.53. The molecule has 1 N–H and O–H groups in total. The first kappa shape index (κ1) is 17.5. The molecule has 23 heavy (non-hydrogen) atoms. The van der Waals surface area contributed by atoms with Crippen LogP contribution in [-0.2, 0) is 17.0 Å². The molecule has 122 valence electrons. The van der Waals surface area contributed by atoms with Crippen molar-refractivity contribution in [2.75, 3.05) is 5.75 Å². The largest absolute Gasteiger partial charge is 0.353 e.